The zero-order valence-electron chi connectivity index (χ0n) is 10.8. The van der Waals surface area contributed by atoms with E-state index in [2.05, 4.69) is 51.2 Å². The van der Waals surface area contributed by atoms with E-state index in [1.165, 1.54) is 22.4 Å². The third-order valence-corrected chi connectivity index (χ3v) is 4.07. The Morgan fingerprint density at radius 3 is 2.69 bits per heavy atom. The molecule has 1 unspecified atom stereocenters. The third-order valence-electron chi connectivity index (χ3n) is 2.68. The van der Waals surface area contributed by atoms with Crippen LogP contribution >= 0.6 is 11.8 Å². The van der Waals surface area contributed by atoms with Crippen LogP contribution in [0.2, 0.25) is 0 Å². The minimum atomic E-state index is 0.697. The molecule has 1 aromatic carbocycles. The Hall–Kier alpha value is -0.470. The van der Waals surface area contributed by atoms with Crippen molar-refractivity contribution in [3.8, 4) is 0 Å². The van der Waals surface area contributed by atoms with E-state index in [1.54, 1.807) is 0 Å². The summed E-state index contributed by atoms with van der Waals surface area (Å²) in [6, 6.07) is 6.77. The summed E-state index contributed by atoms with van der Waals surface area (Å²) in [4.78, 5) is 1.43. The molecular weight excluding hydrogens is 214 g/mol. The molecule has 0 amide bonds. The Morgan fingerprint density at radius 1 is 1.31 bits per heavy atom. The van der Waals surface area contributed by atoms with Gasteiger partial charge in [-0.05, 0) is 31.5 Å². The van der Waals surface area contributed by atoms with Crippen LogP contribution in [0.15, 0.2) is 23.1 Å². The molecule has 0 radical (unpaired) electrons. The van der Waals surface area contributed by atoms with Crippen molar-refractivity contribution in [2.24, 2.45) is 0 Å². The Labute approximate surface area is 104 Å². The number of benzene rings is 1. The summed E-state index contributed by atoms with van der Waals surface area (Å²) in [7, 11) is 0. The second kappa shape index (κ2) is 6.97. The zero-order chi connectivity index (χ0) is 12.0. The molecule has 0 aliphatic carbocycles. The van der Waals surface area contributed by atoms with Gasteiger partial charge in [0.15, 0.2) is 0 Å². The Bertz CT molecular complexity index is 323. The van der Waals surface area contributed by atoms with Crippen molar-refractivity contribution < 1.29 is 0 Å². The summed E-state index contributed by atoms with van der Waals surface area (Å²) in [6.07, 6.45) is 1.22. The smallest absolute Gasteiger partial charge is 0.0216 e. The molecule has 1 rings (SSSR count). The lowest BCUT2D eigenvalue weighted by Crippen LogP contribution is -2.12. The third kappa shape index (κ3) is 4.18. The summed E-state index contributed by atoms with van der Waals surface area (Å²) >= 11 is 1.99. The van der Waals surface area contributed by atoms with Gasteiger partial charge in [-0.15, -0.1) is 11.8 Å². The molecular formula is C14H23NS. The maximum absolute atomic E-state index is 3.41. The van der Waals surface area contributed by atoms with Crippen LogP contribution in [0.25, 0.3) is 0 Å². The quantitative estimate of drug-likeness (QED) is 0.751. The van der Waals surface area contributed by atoms with Crippen molar-refractivity contribution in [1.82, 2.24) is 5.32 Å². The predicted octanol–water partition coefficient (Wildman–Crippen LogP) is 4.00. The van der Waals surface area contributed by atoms with Gasteiger partial charge in [0.25, 0.3) is 0 Å². The molecule has 0 aromatic heterocycles. The number of nitrogens with one attached hydrogen (secondary N) is 1. The summed E-state index contributed by atoms with van der Waals surface area (Å²) in [5.41, 5.74) is 2.79. The molecule has 0 fully saturated rings. The van der Waals surface area contributed by atoms with Crippen LogP contribution in [-0.4, -0.2) is 11.8 Å². The number of rotatable bonds is 6. The number of hydrogen-bond acceptors (Lipinski definition) is 2. The van der Waals surface area contributed by atoms with Gasteiger partial charge in [-0.3, -0.25) is 0 Å². The molecule has 0 bridgehead atoms. The molecule has 90 valence electrons. The van der Waals surface area contributed by atoms with E-state index in [4.69, 9.17) is 0 Å². The average molecular weight is 237 g/mol. The van der Waals surface area contributed by atoms with Gasteiger partial charge in [0.1, 0.15) is 0 Å². The first kappa shape index (κ1) is 13.6. The van der Waals surface area contributed by atoms with Gasteiger partial charge in [-0.1, -0.05) is 38.5 Å². The highest BCUT2D eigenvalue weighted by atomic mass is 32.2. The van der Waals surface area contributed by atoms with E-state index < -0.39 is 0 Å². The molecule has 1 nitrogen and oxygen atoms in total. The molecule has 1 aromatic rings. The number of thioether (sulfide) groups is 1. The highest BCUT2D eigenvalue weighted by Gasteiger charge is 2.07. The second-order valence-electron chi connectivity index (χ2n) is 4.23. The Kier molecular flexibility index (Phi) is 5.93. The lowest BCUT2D eigenvalue weighted by atomic mass is 10.1. The first-order valence-electron chi connectivity index (χ1n) is 6.14. The fourth-order valence-corrected chi connectivity index (χ4v) is 2.55. The topological polar surface area (TPSA) is 12.0 Å². The van der Waals surface area contributed by atoms with Crippen LogP contribution in [0.4, 0.5) is 0 Å². The van der Waals surface area contributed by atoms with Crippen LogP contribution in [0.3, 0.4) is 0 Å². The van der Waals surface area contributed by atoms with Gasteiger partial charge >= 0.3 is 0 Å². The largest absolute Gasteiger partial charge is 0.313 e. The molecule has 0 heterocycles. The number of aryl methyl sites for hydroxylation is 1. The standard InChI is InChI=1S/C14H23NS/c1-5-12(4)16-14-8-7-11(3)9-13(14)10-15-6-2/h7-9,12,15H,5-6,10H2,1-4H3. The first-order valence-corrected chi connectivity index (χ1v) is 7.02. The average Bonchev–Trinajstić information content (AvgIpc) is 2.29. The van der Waals surface area contributed by atoms with E-state index in [1.807, 2.05) is 11.8 Å². The SMILES string of the molecule is CCNCc1cc(C)ccc1SC(C)CC. The van der Waals surface area contributed by atoms with Gasteiger partial charge in [-0.25, -0.2) is 0 Å². The zero-order valence-corrected chi connectivity index (χ0v) is 11.7. The first-order chi connectivity index (χ1) is 7.67. The minimum absolute atomic E-state index is 0.697. The summed E-state index contributed by atoms with van der Waals surface area (Å²) < 4.78 is 0. The van der Waals surface area contributed by atoms with Crippen molar-refractivity contribution >= 4 is 11.8 Å². The highest BCUT2D eigenvalue weighted by Crippen LogP contribution is 2.29. The highest BCUT2D eigenvalue weighted by molar-refractivity contribution is 8.00. The molecule has 0 aliphatic heterocycles. The van der Waals surface area contributed by atoms with Gasteiger partial charge in [0.2, 0.25) is 0 Å². The fraction of sp³-hybridized carbons (Fsp3) is 0.571. The van der Waals surface area contributed by atoms with Crippen LogP contribution < -0.4 is 5.32 Å². The van der Waals surface area contributed by atoms with Crippen LogP contribution in [0.1, 0.15) is 38.3 Å². The van der Waals surface area contributed by atoms with E-state index >= 15 is 0 Å². The molecule has 16 heavy (non-hydrogen) atoms. The molecule has 0 aliphatic rings. The molecule has 1 atom stereocenters. The summed E-state index contributed by atoms with van der Waals surface area (Å²) in [6.45, 7) is 10.9. The van der Waals surface area contributed by atoms with Crippen molar-refractivity contribution in [3.05, 3.63) is 29.3 Å². The lowest BCUT2D eigenvalue weighted by Gasteiger charge is -2.14. The summed E-state index contributed by atoms with van der Waals surface area (Å²) in [5, 5.41) is 4.11. The van der Waals surface area contributed by atoms with E-state index in [0.29, 0.717) is 5.25 Å². The normalized spacial score (nSPS) is 12.8. The van der Waals surface area contributed by atoms with E-state index in [-0.39, 0.29) is 0 Å². The van der Waals surface area contributed by atoms with Crippen LogP contribution in [0, 0.1) is 6.92 Å². The molecule has 2 heteroatoms. The monoisotopic (exact) mass is 237 g/mol. The molecule has 0 saturated carbocycles. The van der Waals surface area contributed by atoms with E-state index in [0.717, 1.165) is 13.1 Å². The lowest BCUT2D eigenvalue weighted by molar-refractivity contribution is 0.717. The van der Waals surface area contributed by atoms with Gasteiger partial charge in [0, 0.05) is 16.7 Å². The maximum atomic E-state index is 3.41. The van der Waals surface area contributed by atoms with Gasteiger partial charge in [-0.2, -0.15) is 0 Å². The minimum Gasteiger partial charge on any atom is -0.313 e. The van der Waals surface area contributed by atoms with Crippen LogP contribution in [0.5, 0.6) is 0 Å². The second-order valence-corrected chi connectivity index (χ2v) is 5.71. The van der Waals surface area contributed by atoms with Crippen LogP contribution in [-0.2, 0) is 6.54 Å². The van der Waals surface area contributed by atoms with Gasteiger partial charge < -0.3 is 5.32 Å². The summed E-state index contributed by atoms with van der Waals surface area (Å²) in [5.74, 6) is 0. The molecule has 0 saturated heterocycles. The van der Waals surface area contributed by atoms with Crippen molar-refractivity contribution in [3.63, 3.8) is 0 Å². The number of hydrogen-bond donors (Lipinski definition) is 1. The van der Waals surface area contributed by atoms with Gasteiger partial charge in [0.05, 0.1) is 0 Å². The van der Waals surface area contributed by atoms with E-state index in [9.17, 15) is 0 Å². The maximum Gasteiger partial charge on any atom is 0.0216 e. The molecule has 1 N–H and O–H groups in total. The fourth-order valence-electron chi connectivity index (χ4n) is 1.52. The van der Waals surface area contributed by atoms with Crippen molar-refractivity contribution in [2.45, 2.75) is 50.8 Å². The predicted molar refractivity (Wildman–Crippen MR) is 74.2 cm³/mol. The Balaban J connectivity index is 2.80. The van der Waals surface area contributed by atoms with Crippen molar-refractivity contribution in [2.75, 3.05) is 6.54 Å². The Morgan fingerprint density at radius 2 is 2.06 bits per heavy atom. The molecule has 0 spiro atoms. The van der Waals surface area contributed by atoms with Crippen molar-refractivity contribution in [1.29, 1.82) is 0 Å².